The molecule has 1 amide bonds. The molecule has 30 heavy (non-hydrogen) atoms. The van der Waals surface area contributed by atoms with Crippen molar-refractivity contribution < 1.29 is 9.53 Å². The lowest BCUT2D eigenvalue weighted by atomic mass is 9.93. The maximum atomic E-state index is 13.3. The molecule has 7 heteroatoms. The molecular weight excluding hydrogens is 378 g/mol. The van der Waals surface area contributed by atoms with Crippen molar-refractivity contribution in [3.05, 3.63) is 77.3 Å². The monoisotopic (exact) mass is 403 g/mol. The van der Waals surface area contributed by atoms with E-state index in [4.69, 9.17) is 4.74 Å². The van der Waals surface area contributed by atoms with Gasteiger partial charge in [0.15, 0.2) is 0 Å². The van der Waals surface area contributed by atoms with Gasteiger partial charge in [-0.15, -0.1) is 0 Å². The van der Waals surface area contributed by atoms with Crippen molar-refractivity contribution in [2.75, 3.05) is 17.7 Å². The number of nitrogens with zero attached hydrogens (tertiary/aromatic N) is 3. The van der Waals surface area contributed by atoms with Gasteiger partial charge < -0.3 is 15.4 Å². The van der Waals surface area contributed by atoms with Gasteiger partial charge in [0, 0.05) is 11.4 Å². The number of benzene rings is 2. The van der Waals surface area contributed by atoms with Gasteiger partial charge in [-0.25, -0.2) is 4.68 Å². The normalized spacial score (nSPS) is 15.6. The number of allylic oxidation sites excluding steroid dienone is 1. The van der Waals surface area contributed by atoms with Crippen LogP contribution in [-0.4, -0.2) is 27.8 Å². The van der Waals surface area contributed by atoms with Crippen molar-refractivity contribution in [3.63, 3.8) is 0 Å². The molecule has 0 unspecified atom stereocenters. The number of nitrogens with one attached hydrogen (secondary N) is 2. The number of hydrogen-bond donors (Lipinski definition) is 2. The molecule has 0 fully saturated rings. The van der Waals surface area contributed by atoms with Crippen LogP contribution in [0.4, 0.5) is 11.6 Å². The van der Waals surface area contributed by atoms with E-state index in [9.17, 15) is 4.79 Å². The second-order valence-corrected chi connectivity index (χ2v) is 7.60. The molecule has 2 aromatic carbocycles. The minimum Gasteiger partial charge on any atom is -0.497 e. The summed E-state index contributed by atoms with van der Waals surface area (Å²) in [6.45, 7) is 6.20. The highest BCUT2D eigenvalue weighted by molar-refractivity contribution is 6.06. The van der Waals surface area contributed by atoms with Crippen molar-refractivity contribution in [1.82, 2.24) is 14.8 Å². The third kappa shape index (κ3) is 3.66. The van der Waals surface area contributed by atoms with Gasteiger partial charge in [0.2, 0.25) is 5.95 Å². The van der Waals surface area contributed by atoms with E-state index in [1.54, 1.807) is 11.8 Å². The number of amides is 1. The summed E-state index contributed by atoms with van der Waals surface area (Å²) in [6, 6.07) is 15.2. The van der Waals surface area contributed by atoms with Crippen LogP contribution < -0.4 is 15.4 Å². The molecule has 1 aromatic heterocycles. The Balaban J connectivity index is 1.70. The van der Waals surface area contributed by atoms with Crippen LogP contribution in [0.25, 0.3) is 0 Å². The van der Waals surface area contributed by atoms with Gasteiger partial charge in [0.25, 0.3) is 5.91 Å². The molecule has 2 N–H and O–H groups in total. The van der Waals surface area contributed by atoms with E-state index in [0.29, 0.717) is 23.1 Å². The molecule has 0 bridgehead atoms. The first-order valence-electron chi connectivity index (χ1n) is 9.90. The number of carbonyl (C=O) groups excluding carboxylic acids is 1. The number of aromatic nitrogens is 3. The largest absolute Gasteiger partial charge is 0.497 e. The topological polar surface area (TPSA) is 81.1 Å². The van der Waals surface area contributed by atoms with Crippen molar-refractivity contribution in [2.45, 2.75) is 32.7 Å². The van der Waals surface area contributed by atoms with Crippen LogP contribution in [-0.2, 0) is 4.79 Å². The summed E-state index contributed by atoms with van der Waals surface area (Å²) in [6.07, 6.45) is 1.50. The van der Waals surface area contributed by atoms with Crippen LogP contribution in [0.5, 0.6) is 5.75 Å². The molecule has 1 aliphatic heterocycles. The fraction of sp³-hybridized carbons (Fsp3) is 0.261. The molecular formula is C23H25N5O2. The van der Waals surface area contributed by atoms with Gasteiger partial charge in [0.1, 0.15) is 18.1 Å². The lowest BCUT2D eigenvalue weighted by molar-refractivity contribution is -0.113. The number of ether oxygens (including phenoxy) is 1. The molecule has 154 valence electrons. The second kappa shape index (κ2) is 8.02. The fourth-order valence-electron chi connectivity index (χ4n) is 3.63. The highest BCUT2D eigenvalue weighted by atomic mass is 16.5. The summed E-state index contributed by atoms with van der Waals surface area (Å²) in [4.78, 5) is 17.6. The van der Waals surface area contributed by atoms with Gasteiger partial charge >= 0.3 is 0 Å². The minimum absolute atomic E-state index is 0.191. The van der Waals surface area contributed by atoms with Crippen LogP contribution in [0.1, 0.15) is 43.9 Å². The zero-order chi connectivity index (χ0) is 21.3. The van der Waals surface area contributed by atoms with E-state index in [2.05, 4.69) is 58.8 Å². The molecule has 2 heterocycles. The highest BCUT2D eigenvalue weighted by Crippen LogP contribution is 2.35. The zero-order valence-corrected chi connectivity index (χ0v) is 17.5. The van der Waals surface area contributed by atoms with E-state index in [-0.39, 0.29) is 11.9 Å². The van der Waals surface area contributed by atoms with Gasteiger partial charge in [0.05, 0.1) is 12.7 Å². The summed E-state index contributed by atoms with van der Waals surface area (Å²) in [5, 5.41) is 10.6. The maximum absolute atomic E-state index is 13.3. The molecule has 0 saturated heterocycles. The Morgan fingerprint density at radius 2 is 1.83 bits per heavy atom. The SMILES string of the molecule is COc1ccc(NC(=O)C2=C(C)Nc3ncnn3[C@H]2c2ccc(C(C)C)cc2)cc1. The Hall–Kier alpha value is -3.61. The van der Waals surface area contributed by atoms with Gasteiger partial charge in [-0.1, -0.05) is 38.1 Å². The van der Waals surface area contributed by atoms with Gasteiger partial charge in [-0.05, 0) is 48.2 Å². The Labute approximate surface area is 175 Å². The van der Waals surface area contributed by atoms with Crippen molar-refractivity contribution >= 4 is 17.5 Å². The lowest BCUT2D eigenvalue weighted by Gasteiger charge is -2.29. The number of anilines is 2. The molecule has 0 aliphatic carbocycles. The Bertz CT molecular complexity index is 1080. The summed E-state index contributed by atoms with van der Waals surface area (Å²) < 4.78 is 6.94. The second-order valence-electron chi connectivity index (χ2n) is 7.60. The average molecular weight is 403 g/mol. The van der Waals surface area contributed by atoms with Crippen LogP contribution in [0.15, 0.2) is 66.1 Å². The van der Waals surface area contributed by atoms with E-state index in [1.807, 2.05) is 31.2 Å². The van der Waals surface area contributed by atoms with E-state index in [0.717, 1.165) is 17.0 Å². The Kier molecular flexibility index (Phi) is 5.27. The summed E-state index contributed by atoms with van der Waals surface area (Å²) in [5.41, 5.74) is 4.27. The molecule has 0 saturated carbocycles. The number of carbonyl (C=O) groups is 1. The van der Waals surface area contributed by atoms with Crippen LogP contribution in [0.2, 0.25) is 0 Å². The molecule has 4 rings (SSSR count). The van der Waals surface area contributed by atoms with Crippen LogP contribution in [0, 0.1) is 0 Å². The third-order valence-corrected chi connectivity index (χ3v) is 5.31. The predicted octanol–water partition coefficient (Wildman–Crippen LogP) is 4.34. The lowest BCUT2D eigenvalue weighted by Crippen LogP contribution is -2.31. The van der Waals surface area contributed by atoms with Gasteiger partial charge in [-0.2, -0.15) is 10.1 Å². The van der Waals surface area contributed by atoms with E-state index < -0.39 is 0 Å². The van der Waals surface area contributed by atoms with Crippen molar-refractivity contribution in [1.29, 1.82) is 0 Å². The maximum Gasteiger partial charge on any atom is 0.255 e. The van der Waals surface area contributed by atoms with Crippen molar-refractivity contribution in [2.24, 2.45) is 0 Å². The van der Waals surface area contributed by atoms with E-state index >= 15 is 0 Å². The summed E-state index contributed by atoms with van der Waals surface area (Å²) >= 11 is 0. The number of hydrogen-bond acceptors (Lipinski definition) is 5. The quantitative estimate of drug-likeness (QED) is 0.662. The Morgan fingerprint density at radius 1 is 1.13 bits per heavy atom. The summed E-state index contributed by atoms with van der Waals surface area (Å²) in [7, 11) is 1.61. The third-order valence-electron chi connectivity index (χ3n) is 5.31. The predicted molar refractivity (Wildman–Crippen MR) is 117 cm³/mol. The van der Waals surface area contributed by atoms with Crippen molar-refractivity contribution in [3.8, 4) is 5.75 Å². The molecule has 7 nitrogen and oxygen atoms in total. The average Bonchev–Trinajstić information content (AvgIpc) is 3.21. The first-order chi connectivity index (χ1) is 14.5. The van der Waals surface area contributed by atoms with Gasteiger partial charge in [-0.3, -0.25) is 4.79 Å². The first kappa shape index (κ1) is 19.7. The molecule has 0 spiro atoms. The smallest absolute Gasteiger partial charge is 0.255 e. The first-order valence-corrected chi connectivity index (χ1v) is 9.90. The minimum atomic E-state index is -0.372. The van der Waals surface area contributed by atoms with Crippen LogP contribution in [0.3, 0.4) is 0 Å². The fourth-order valence-corrected chi connectivity index (χ4v) is 3.63. The zero-order valence-electron chi connectivity index (χ0n) is 17.5. The van der Waals surface area contributed by atoms with E-state index in [1.165, 1.54) is 11.9 Å². The molecule has 1 aliphatic rings. The number of fused-ring (bicyclic) bond motifs is 1. The Morgan fingerprint density at radius 3 is 2.47 bits per heavy atom. The molecule has 3 aromatic rings. The summed E-state index contributed by atoms with van der Waals surface area (Å²) in [5.74, 6) is 1.60. The number of rotatable bonds is 5. The number of methoxy groups -OCH3 is 1. The molecule has 0 radical (unpaired) electrons. The van der Waals surface area contributed by atoms with Crippen LogP contribution >= 0.6 is 0 Å². The highest BCUT2D eigenvalue weighted by Gasteiger charge is 2.33. The standard InChI is InChI=1S/C23H25N5O2/c1-14(2)16-5-7-17(8-6-16)21-20(15(3)26-23-24-13-25-28(21)23)22(29)27-18-9-11-19(30-4)12-10-18/h5-14,21H,1-4H3,(H,27,29)(H,24,25,26)/t21-/m0/s1. The molecule has 1 atom stereocenters.